The molecule has 0 unspecified atom stereocenters. The van der Waals surface area contributed by atoms with E-state index in [1.54, 1.807) is 6.07 Å². The number of benzene rings is 3. The summed E-state index contributed by atoms with van der Waals surface area (Å²) in [5, 5.41) is 0. The summed E-state index contributed by atoms with van der Waals surface area (Å²) in [4.78, 5) is 0.711. The van der Waals surface area contributed by atoms with Crippen molar-refractivity contribution < 1.29 is 201 Å². The molecule has 0 aliphatic heterocycles. The second-order valence-electron chi connectivity index (χ2n) is 4.50. The third-order valence-corrected chi connectivity index (χ3v) is 3.39. The van der Waals surface area contributed by atoms with Gasteiger partial charge in [0.15, 0.2) is 0 Å². The fourth-order valence-electron chi connectivity index (χ4n) is 2.15. The first-order chi connectivity index (χ1) is 9.74. The molecule has 116 valence electrons. The Balaban J connectivity index is -0.000000403. The van der Waals surface area contributed by atoms with E-state index in [4.69, 9.17) is 12.6 Å². The SMILES string of the molecule is Fc1cc(-c2[c-]cccc2)ccc1-c1cccc([S-])c1.[Y].[Y].[Y].[Y].[Y].[Y]. The monoisotopic (exact) mass is 811 g/mol. The Morgan fingerprint density at radius 1 is 0.692 bits per heavy atom. The van der Waals surface area contributed by atoms with Crippen LogP contribution in [0.2, 0.25) is 0 Å². The van der Waals surface area contributed by atoms with E-state index < -0.39 is 0 Å². The Kier molecular flexibility index (Phi) is 29.1. The minimum Gasteiger partial charge on any atom is -0.780 e. The fourth-order valence-corrected chi connectivity index (χ4v) is 2.36. The molecule has 8 heteroatoms. The normalized spacial score (nSPS) is 8.04. The van der Waals surface area contributed by atoms with Crippen LogP contribution in [0.25, 0.3) is 22.3 Å². The van der Waals surface area contributed by atoms with Crippen molar-refractivity contribution in [3.63, 3.8) is 0 Å². The summed E-state index contributed by atoms with van der Waals surface area (Å²) in [7, 11) is 0. The molecule has 0 aromatic heterocycles. The Bertz CT molecular complexity index is 756. The van der Waals surface area contributed by atoms with Gasteiger partial charge in [-0.3, -0.25) is 0 Å². The van der Waals surface area contributed by atoms with Crippen molar-refractivity contribution in [1.29, 1.82) is 0 Å². The van der Waals surface area contributed by atoms with Gasteiger partial charge in [-0.15, -0.1) is 35.9 Å². The molecule has 0 N–H and O–H groups in total. The van der Waals surface area contributed by atoms with Crippen molar-refractivity contribution in [3.8, 4) is 22.3 Å². The van der Waals surface area contributed by atoms with Gasteiger partial charge in [0.1, 0.15) is 5.82 Å². The maximum Gasteiger partial charge on any atom is 0.122 e. The third kappa shape index (κ3) is 11.3. The molecular weight excluding hydrogens is 801 g/mol. The van der Waals surface area contributed by atoms with Crippen LogP contribution in [0.5, 0.6) is 0 Å². The summed E-state index contributed by atoms with van der Waals surface area (Å²) < 4.78 is 14.3. The van der Waals surface area contributed by atoms with Gasteiger partial charge < -0.3 is 12.6 Å². The fraction of sp³-hybridized carbons (Fsp3) is 0. The summed E-state index contributed by atoms with van der Waals surface area (Å²) in [6.07, 6.45) is 0. The van der Waals surface area contributed by atoms with Crippen LogP contribution in [0.4, 0.5) is 4.39 Å². The van der Waals surface area contributed by atoms with Crippen molar-refractivity contribution in [2.24, 2.45) is 0 Å². The molecule has 0 spiro atoms. The van der Waals surface area contributed by atoms with E-state index in [9.17, 15) is 4.39 Å². The van der Waals surface area contributed by atoms with Crippen LogP contribution in [0.15, 0.2) is 71.6 Å². The summed E-state index contributed by atoms with van der Waals surface area (Å²) in [5.41, 5.74) is 3.08. The van der Waals surface area contributed by atoms with Crippen LogP contribution in [-0.2, 0) is 209 Å². The average Bonchev–Trinajstić information content (AvgIpc) is 2.48. The standard InChI is InChI=1S/C18H12FS.6Y/c19-18-12-14(13-5-2-1-3-6-13)9-10-17(18)15-7-4-8-16(20)11-15;;;;;;/h1-5,7-12,20H;;;;;;/q-1;;;;;;/p-1. The minimum absolute atomic E-state index is 0. The summed E-state index contributed by atoms with van der Waals surface area (Å²) in [6, 6.07) is 23.2. The second-order valence-corrected chi connectivity index (χ2v) is 4.97. The van der Waals surface area contributed by atoms with Crippen molar-refractivity contribution >= 4 is 12.6 Å². The van der Waals surface area contributed by atoms with Gasteiger partial charge in [0, 0.05) is 202 Å². The van der Waals surface area contributed by atoms with Gasteiger partial charge in [-0.25, -0.2) is 4.39 Å². The van der Waals surface area contributed by atoms with Crippen LogP contribution in [0.1, 0.15) is 0 Å². The summed E-state index contributed by atoms with van der Waals surface area (Å²) in [5.74, 6) is -0.250. The number of rotatable bonds is 2. The zero-order valence-electron chi connectivity index (χ0n) is 14.1. The smallest absolute Gasteiger partial charge is 0.122 e. The number of halogens is 1. The molecule has 26 heavy (non-hydrogen) atoms. The molecular formula is C18H11FSY6-2. The molecule has 3 aromatic carbocycles. The molecule has 3 aromatic rings. The van der Waals surface area contributed by atoms with Crippen LogP contribution >= 0.6 is 0 Å². The Morgan fingerprint density at radius 2 is 1.38 bits per heavy atom. The van der Waals surface area contributed by atoms with Gasteiger partial charge in [0.05, 0.1) is 0 Å². The molecule has 0 fully saturated rings. The maximum absolute atomic E-state index is 14.3. The molecule has 0 saturated heterocycles. The Hall–Kier alpha value is 4.43. The van der Waals surface area contributed by atoms with E-state index in [0.717, 1.165) is 16.7 Å². The maximum atomic E-state index is 14.3. The molecule has 0 aliphatic rings. The minimum atomic E-state index is -0.250. The summed E-state index contributed by atoms with van der Waals surface area (Å²) >= 11 is 5.12. The van der Waals surface area contributed by atoms with E-state index in [2.05, 4.69) is 6.07 Å². The van der Waals surface area contributed by atoms with Crippen LogP contribution in [-0.4, -0.2) is 0 Å². The molecule has 0 saturated carbocycles. The summed E-state index contributed by atoms with van der Waals surface area (Å²) in [6.45, 7) is 0. The van der Waals surface area contributed by atoms with E-state index in [-0.39, 0.29) is 202 Å². The first-order valence-electron chi connectivity index (χ1n) is 6.28. The second kappa shape index (κ2) is 20.1. The Labute approximate surface area is 311 Å². The largest absolute Gasteiger partial charge is 0.780 e. The van der Waals surface area contributed by atoms with Crippen LogP contribution in [0, 0.1) is 11.9 Å². The third-order valence-electron chi connectivity index (χ3n) is 3.13. The van der Waals surface area contributed by atoms with Gasteiger partial charge in [0.25, 0.3) is 0 Å². The molecule has 0 amide bonds. The predicted molar refractivity (Wildman–Crippen MR) is 81.7 cm³/mol. The van der Waals surface area contributed by atoms with Crippen molar-refractivity contribution in [1.82, 2.24) is 0 Å². The van der Waals surface area contributed by atoms with Crippen LogP contribution in [0.3, 0.4) is 0 Å². The molecule has 6 radical (unpaired) electrons. The molecule has 0 nitrogen and oxygen atoms in total. The molecule has 0 atom stereocenters. The molecule has 0 heterocycles. The number of hydrogen-bond donors (Lipinski definition) is 0. The van der Waals surface area contributed by atoms with Gasteiger partial charge >= 0.3 is 0 Å². The van der Waals surface area contributed by atoms with E-state index in [0.29, 0.717) is 10.5 Å². The molecule has 0 aliphatic carbocycles. The number of hydrogen-bond acceptors (Lipinski definition) is 1. The zero-order valence-corrected chi connectivity index (χ0v) is 31.9. The molecule has 0 bridgehead atoms. The van der Waals surface area contributed by atoms with Gasteiger partial charge in [-0.1, -0.05) is 48.0 Å². The quantitative estimate of drug-likeness (QED) is 0.264. The predicted octanol–water partition coefficient (Wildman–Crippen LogP) is 4.85. The first kappa shape index (κ1) is 37.7. The first-order valence-corrected chi connectivity index (χ1v) is 6.69. The van der Waals surface area contributed by atoms with Gasteiger partial charge in [-0.05, 0) is 5.56 Å². The Morgan fingerprint density at radius 3 is 1.92 bits per heavy atom. The van der Waals surface area contributed by atoms with E-state index in [1.165, 1.54) is 6.07 Å². The average molecular weight is 812 g/mol. The van der Waals surface area contributed by atoms with Crippen LogP contribution < -0.4 is 0 Å². The zero-order chi connectivity index (χ0) is 13.9. The van der Waals surface area contributed by atoms with Gasteiger partial charge in [-0.2, -0.15) is 4.90 Å². The van der Waals surface area contributed by atoms with Crippen molar-refractivity contribution in [3.05, 3.63) is 78.6 Å². The topological polar surface area (TPSA) is 0 Å². The van der Waals surface area contributed by atoms with E-state index >= 15 is 0 Å². The molecule has 3 rings (SSSR count). The van der Waals surface area contributed by atoms with Gasteiger partial charge in [0.2, 0.25) is 0 Å². The van der Waals surface area contributed by atoms with Crippen molar-refractivity contribution in [2.45, 2.75) is 4.90 Å². The van der Waals surface area contributed by atoms with Crippen molar-refractivity contribution in [2.75, 3.05) is 0 Å². The van der Waals surface area contributed by atoms with E-state index in [1.807, 2.05) is 54.6 Å².